The van der Waals surface area contributed by atoms with Crippen molar-refractivity contribution in [2.75, 3.05) is 11.8 Å². The lowest BCUT2D eigenvalue weighted by Gasteiger charge is -2.10. The normalized spacial score (nSPS) is 11.0. The molecule has 0 saturated heterocycles. The summed E-state index contributed by atoms with van der Waals surface area (Å²) in [7, 11) is -2.25. The zero-order valence-corrected chi connectivity index (χ0v) is 15.1. The number of rotatable bonds is 6. The molecule has 0 spiro atoms. The number of nitro benzene ring substituents is 1. The molecule has 7 nitrogen and oxygen atoms in total. The predicted molar refractivity (Wildman–Crippen MR) is 102 cm³/mol. The maximum atomic E-state index is 12.5. The number of nitro groups is 1. The third kappa shape index (κ3) is 4.06. The topological polar surface area (TPSA) is 98.5 Å². The van der Waals surface area contributed by atoms with Gasteiger partial charge in [0.2, 0.25) is 0 Å². The van der Waals surface area contributed by atoms with Crippen molar-refractivity contribution < 1.29 is 18.1 Å². The fourth-order valence-corrected chi connectivity index (χ4v) is 3.62. The van der Waals surface area contributed by atoms with Crippen LogP contribution in [-0.2, 0) is 10.0 Å². The van der Waals surface area contributed by atoms with Crippen LogP contribution in [-0.4, -0.2) is 20.5 Å². The van der Waals surface area contributed by atoms with Gasteiger partial charge in [-0.05, 0) is 48.0 Å². The van der Waals surface area contributed by atoms with Crippen molar-refractivity contribution in [3.8, 4) is 16.9 Å². The van der Waals surface area contributed by atoms with E-state index in [4.69, 9.17) is 4.74 Å². The minimum atomic E-state index is -3.75. The zero-order chi connectivity index (χ0) is 19.4. The Kier molecular flexibility index (Phi) is 5.09. The minimum Gasteiger partial charge on any atom is -0.497 e. The highest BCUT2D eigenvalue weighted by Crippen LogP contribution is 2.30. The van der Waals surface area contributed by atoms with Crippen LogP contribution in [0.25, 0.3) is 11.1 Å². The van der Waals surface area contributed by atoms with E-state index in [1.165, 1.54) is 25.3 Å². The molecule has 0 amide bonds. The van der Waals surface area contributed by atoms with Crippen molar-refractivity contribution in [2.24, 2.45) is 0 Å². The summed E-state index contributed by atoms with van der Waals surface area (Å²) in [6.07, 6.45) is 0. The van der Waals surface area contributed by atoms with E-state index in [-0.39, 0.29) is 10.6 Å². The van der Waals surface area contributed by atoms with E-state index in [0.29, 0.717) is 22.6 Å². The number of methoxy groups -OCH3 is 1. The molecule has 0 unspecified atom stereocenters. The van der Waals surface area contributed by atoms with E-state index < -0.39 is 14.9 Å². The highest BCUT2D eigenvalue weighted by molar-refractivity contribution is 7.92. The molecule has 0 aromatic heterocycles. The summed E-state index contributed by atoms with van der Waals surface area (Å²) in [6.45, 7) is 0. The summed E-state index contributed by atoms with van der Waals surface area (Å²) < 4.78 is 32.4. The van der Waals surface area contributed by atoms with Crippen molar-refractivity contribution in [3.63, 3.8) is 0 Å². The van der Waals surface area contributed by atoms with Gasteiger partial charge in [-0.1, -0.05) is 24.3 Å². The Morgan fingerprint density at radius 2 is 1.56 bits per heavy atom. The summed E-state index contributed by atoms with van der Waals surface area (Å²) in [5.74, 6) is 0.558. The SMILES string of the molecule is COc1ccc(S(=O)(=O)Nc2ccc(-c3ccccc3[N+](=O)[O-])cc2)cc1. The summed E-state index contributed by atoms with van der Waals surface area (Å²) in [4.78, 5) is 10.8. The number of ether oxygens (including phenoxy) is 1. The summed E-state index contributed by atoms with van der Waals surface area (Å²) >= 11 is 0. The number of sulfonamides is 1. The molecule has 3 aromatic carbocycles. The highest BCUT2D eigenvalue weighted by atomic mass is 32.2. The van der Waals surface area contributed by atoms with Gasteiger partial charge in [-0.3, -0.25) is 14.8 Å². The third-order valence-corrected chi connectivity index (χ3v) is 5.32. The van der Waals surface area contributed by atoms with Gasteiger partial charge in [0.1, 0.15) is 5.75 Å². The van der Waals surface area contributed by atoms with Crippen molar-refractivity contribution in [1.29, 1.82) is 0 Å². The van der Waals surface area contributed by atoms with Crippen LogP contribution in [0, 0.1) is 10.1 Å². The van der Waals surface area contributed by atoms with E-state index in [2.05, 4.69) is 4.72 Å². The molecule has 3 rings (SSSR count). The smallest absolute Gasteiger partial charge is 0.277 e. The van der Waals surface area contributed by atoms with Crippen molar-refractivity contribution in [2.45, 2.75) is 4.90 Å². The number of nitrogens with zero attached hydrogens (tertiary/aromatic N) is 1. The second-order valence-corrected chi connectivity index (χ2v) is 7.32. The van der Waals surface area contributed by atoms with Gasteiger partial charge in [-0.25, -0.2) is 8.42 Å². The first-order valence-electron chi connectivity index (χ1n) is 7.91. The molecule has 0 fully saturated rings. The second-order valence-electron chi connectivity index (χ2n) is 5.63. The molecule has 0 atom stereocenters. The van der Waals surface area contributed by atoms with Crippen LogP contribution in [0.5, 0.6) is 5.75 Å². The summed E-state index contributed by atoms with van der Waals surface area (Å²) in [5.41, 5.74) is 1.43. The average Bonchev–Trinajstić information content (AvgIpc) is 2.68. The number of hydrogen-bond acceptors (Lipinski definition) is 5. The average molecular weight is 384 g/mol. The fraction of sp³-hybridized carbons (Fsp3) is 0.0526. The Labute approximate surface area is 156 Å². The number of hydrogen-bond donors (Lipinski definition) is 1. The lowest BCUT2D eigenvalue weighted by Crippen LogP contribution is -2.12. The first-order valence-corrected chi connectivity index (χ1v) is 9.40. The van der Waals surface area contributed by atoms with Gasteiger partial charge in [0.25, 0.3) is 15.7 Å². The molecule has 0 heterocycles. The largest absolute Gasteiger partial charge is 0.497 e. The molecular weight excluding hydrogens is 368 g/mol. The van der Waals surface area contributed by atoms with Gasteiger partial charge < -0.3 is 4.74 Å². The van der Waals surface area contributed by atoms with Gasteiger partial charge >= 0.3 is 0 Å². The van der Waals surface area contributed by atoms with E-state index in [0.717, 1.165) is 0 Å². The second kappa shape index (κ2) is 7.46. The molecule has 0 aliphatic carbocycles. The number of anilines is 1. The Hall–Kier alpha value is -3.39. The molecule has 1 N–H and O–H groups in total. The predicted octanol–water partition coefficient (Wildman–Crippen LogP) is 4.07. The Morgan fingerprint density at radius 1 is 0.926 bits per heavy atom. The van der Waals surface area contributed by atoms with Crippen LogP contribution in [0.15, 0.2) is 77.7 Å². The van der Waals surface area contributed by atoms with Crippen molar-refractivity contribution in [1.82, 2.24) is 0 Å². The minimum absolute atomic E-state index is 0.0101. The van der Waals surface area contributed by atoms with Crippen LogP contribution < -0.4 is 9.46 Å². The van der Waals surface area contributed by atoms with Crippen LogP contribution >= 0.6 is 0 Å². The number of para-hydroxylation sites is 1. The third-order valence-electron chi connectivity index (χ3n) is 3.92. The summed E-state index contributed by atoms with van der Waals surface area (Å²) in [5, 5.41) is 11.2. The first-order chi connectivity index (χ1) is 12.9. The van der Waals surface area contributed by atoms with E-state index in [1.807, 2.05) is 0 Å². The van der Waals surface area contributed by atoms with Gasteiger partial charge in [0.15, 0.2) is 0 Å². The van der Waals surface area contributed by atoms with Crippen LogP contribution in [0.3, 0.4) is 0 Å². The molecule has 27 heavy (non-hydrogen) atoms. The summed E-state index contributed by atoms with van der Waals surface area (Å²) in [6, 6.07) is 18.8. The maximum absolute atomic E-state index is 12.5. The molecule has 138 valence electrons. The zero-order valence-electron chi connectivity index (χ0n) is 14.3. The fourth-order valence-electron chi connectivity index (χ4n) is 2.56. The lowest BCUT2D eigenvalue weighted by molar-refractivity contribution is -0.384. The standard InChI is InChI=1S/C19H16N2O5S/c1-26-16-10-12-17(13-11-16)27(24,25)20-15-8-6-14(7-9-15)18-4-2-3-5-19(18)21(22)23/h2-13,20H,1H3. The van der Waals surface area contributed by atoms with Crippen LogP contribution in [0.2, 0.25) is 0 Å². The highest BCUT2D eigenvalue weighted by Gasteiger charge is 2.16. The van der Waals surface area contributed by atoms with E-state index >= 15 is 0 Å². The quantitative estimate of drug-likeness (QED) is 0.510. The number of nitrogens with one attached hydrogen (secondary N) is 1. The van der Waals surface area contributed by atoms with E-state index in [1.54, 1.807) is 54.6 Å². The lowest BCUT2D eigenvalue weighted by atomic mass is 10.0. The molecule has 0 aliphatic rings. The van der Waals surface area contributed by atoms with Gasteiger partial charge in [-0.15, -0.1) is 0 Å². The molecule has 3 aromatic rings. The van der Waals surface area contributed by atoms with Crippen LogP contribution in [0.4, 0.5) is 11.4 Å². The number of benzene rings is 3. The Balaban J connectivity index is 1.84. The maximum Gasteiger partial charge on any atom is 0.277 e. The monoisotopic (exact) mass is 384 g/mol. The molecule has 8 heteroatoms. The molecular formula is C19H16N2O5S. The van der Waals surface area contributed by atoms with Crippen LogP contribution in [0.1, 0.15) is 0 Å². The Morgan fingerprint density at radius 3 is 2.15 bits per heavy atom. The first kappa shape index (κ1) is 18.4. The molecule has 0 radical (unpaired) electrons. The van der Waals surface area contributed by atoms with Gasteiger partial charge in [-0.2, -0.15) is 0 Å². The molecule has 0 bridgehead atoms. The molecule has 0 saturated carbocycles. The van der Waals surface area contributed by atoms with Crippen molar-refractivity contribution >= 4 is 21.4 Å². The van der Waals surface area contributed by atoms with Crippen molar-refractivity contribution in [3.05, 3.63) is 82.9 Å². The Bertz CT molecular complexity index is 1060. The molecule has 0 aliphatic heterocycles. The van der Waals surface area contributed by atoms with Gasteiger partial charge in [0, 0.05) is 11.8 Å². The van der Waals surface area contributed by atoms with Gasteiger partial charge in [0.05, 0.1) is 22.5 Å². The van der Waals surface area contributed by atoms with E-state index in [9.17, 15) is 18.5 Å².